The lowest BCUT2D eigenvalue weighted by atomic mass is 10.0. The molecule has 0 bridgehead atoms. The summed E-state index contributed by atoms with van der Waals surface area (Å²) in [6.07, 6.45) is 22.7. The molecule has 1 atom stereocenters. The van der Waals surface area contributed by atoms with Crippen LogP contribution in [0.15, 0.2) is 12.2 Å². The van der Waals surface area contributed by atoms with Crippen molar-refractivity contribution in [3.05, 3.63) is 12.2 Å². The smallest absolute Gasteiger partial charge is 0.132 e. The zero-order chi connectivity index (χ0) is 17.2. The van der Waals surface area contributed by atoms with Crippen LogP contribution in [0.1, 0.15) is 117 Å². The number of allylic oxidation sites excluding steroid dienone is 2. The molecule has 136 valence electrons. The van der Waals surface area contributed by atoms with Crippen LogP contribution in [0.2, 0.25) is 0 Å². The molecule has 0 amide bonds. The molecule has 1 nitrogen and oxygen atoms in total. The molecule has 0 fully saturated rings. The van der Waals surface area contributed by atoms with Gasteiger partial charge in [0.2, 0.25) is 0 Å². The van der Waals surface area contributed by atoms with E-state index in [2.05, 4.69) is 32.9 Å². The van der Waals surface area contributed by atoms with Gasteiger partial charge in [0.25, 0.3) is 0 Å². The highest BCUT2D eigenvalue weighted by Crippen LogP contribution is 2.12. The number of hydrogen-bond acceptors (Lipinski definition) is 1. The van der Waals surface area contributed by atoms with Gasteiger partial charge in [0.05, 0.1) is 0 Å². The van der Waals surface area contributed by atoms with Gasteiger partial charge in [-0.2, -0.15) is 0 Å². The van der Waals surface area contributed by atoms with E-state index in [1.165, 1.54) is 64.2 Å². The first-order chi connectivity index (χ1) is 11.2. The van der Waals surface area contributed by atoms with Crippen molar-refractivity contribution in [1.29, 1.82) is 0 Å². The van der Waals surface area contributed by atoms with Crippen LogP contribution in [0.3, 0.4) is 0 Å². The summed E-state index contributed by atoms with van der Waals surface area (Å²) in [5.74, 6) is 1.17. The molecule has 0 radical (unpaired) electrons. The minimum absolute atomic E-state index is 0.475. The van der Waals surface area contributed by atoms with Crippen molar-refractivity contribution in [3.63, 3.8) is 0 Å². The predicted octanol–water partition coefficient (Wildman–Crippen LogP) is 7.64. The summed E-state index contributed by atoms with van der Waals surface area (Å²) in [6.45, 7) is 6.79. The number of Topliss-reactive ketones (excluding diaryl/α,β-unsaturated/α-hetero) is 1. The molecule has 1 unspecified atom stereocenters. The summed E-state index contributed by atoms with van der Waals surface area (Å²) >= 11 is 0. The Morgan fingerprint density at radius 2 is 1.35 bits per heavy atom. The van der Waals surface area contributed by atoms with Crippen molar-refractivity contribution < 1.29 is 4.79 Å². The molecular formula is C22H42O. The van der Waals surface area contributed by atoms with Crippen LogP contribution in [0.4, 0.5) is 0 Å². The Bertz CT molecular complexity index is 280. The quantitative estimate of drug-likeness (QED) is 0.198. The van der Waals surface area contributed by atoms with Crippen molar-refractivity contribution in [1.82, 2.24) is 0 Å². The number of hydrogen-bond donors (Lipinski definition) is 0. The van der Waals surface area contributed by atoms with Gasteiger partial charge in [0.1, 0.15) is 5.78 Å². The summed E-state index contributed by atoms with van der Waals surface area (Å²) in [7, 11) is 0. The van der Waals surface area contributed by atoms with Gasteiger partial charge in [-0.1, -0.05) is 90.7 Å². The van der Waals surface area contributed by atoms with Gasteiger partial charge in [0.15, 0.2) is 0 Å². The SMILES string of the molecule is CCCCCCCCCCC(=O)CCC/C=C\C(C)CCCC. The third kappa shape index (κ3) is 17.6. The fourth-order valence-electron chi connectivity index (χ4n) is 2.95. The Kier molecular flexibility index (Phi) is 17.3. The van der Waals surface area contributed by atoms with E-state index in [0.29, 0.717) is 11.7 Å². The van der Waals surface area contributed by atoms with Crippen molar-refractivity contribution >= 4 is 5.78 Å². The van der Waals surface area contributed by atoms with Crippen molar-refractivity contribution in [3.8, 4) is 0 Å². The Hall–Kier alpha value is -0.590. The fourth-order valence-corrected chi connectivity index (χ4v) is 2.95. The minimum atomic E-state index is 0.475. The molecular weight excluding hydrogens is 280 g/mol. The van der Waals surface area contributed by atoms with Gasteiger partial charge in [-0.05, 0) is 31.6 Å². The normalized spacial score (nSPS) is 12.8. The summed E-state index contributed by atoms with van der Waals surface area (Å²) in [5, 5.41) is 0. The van der Waals surface area contributed by atoms with Gasteiger partial charge >= 0.3 is 0 Å². The summed E-state index contributed by atoms with van der Waals surface area (Å²) < 4.78 is 0. The van der Waals surface area contributed by atoms with Crippen LogP contribution in [-0.4, -0.2) is 5.78 Å². The second-order valence-corrected chi connectivity index (χ2v) is 7.20. The van der Waals surface area contributed by atoms with Gasteiger partial charge in [0, 0.05) is 12.8 Å². The van der Waals surface area contributed by atoms with Gasteiger partial charge < -0.3 is 0 Å². The molecule has 1 heteroatoms. The maximum absolute atomic E-state index is 11.8. The molecule has 0 saturated carbocycles. The summed E-state index contributed by atoms with van der Waals surface area (Å²) in [6, 6.07) is 0. The maximum Gasteiger partial charge on any atom is 0.132 e. The van der Waals surface area contributed by atoms with E-state index < -0.39 is 0 Å². The lowest BCUT2D eigenvalue weighted by Gasteiger charge is -2.04. The van der Waals surface area contributed by atoms with Crippen molar-refractivity contribution in [2.45, 2.75) is 117 Å². The average molecular weight is 323 g/mol. The molecule has 0 saturated heterocycles. The molecule has 23 heavy (non-hydrogen) atoms. The van der Waals surface area contributed by atoms with Crippen molar-refractivity contribution in [2.24, 2.45) is 5.92 Å². The monoisotopic (exact) mass is 322 g/mol. The van der Waals surface area contributed by atoms with Crippen LogP contribution >= 0.6 is 0 Å². The summed E-state index contributed by atoms with van der Waals surface area (Å²) in [4.78, 5) is 11.8. The number of ketones is 1. The van der Waals surface area contributed by atoms with Crippen molar-refractivity contribution in [2.75, 3.05) is 0 Å². The molecule has 0 aliphatic rings. The second-order valence-electron chi connectivity index (χ2n) is 7.20. The average Bonchev–Trinajstić information content (AvgIpc) is 2.55. The summed E-state index contributed by atoms with van der Waals surface area (Å²) in [5.41, 5.74) is 0. The van der Waals surface area contributed by atoms with E-state index in [-0.39, 0.29) is 0 Å². The topological polar surface area (TPSA) is 17.1 Å². The molecule has 0 spiro atoms. The second kappa shape index (κ2) is 17.8. The van der Waals surface area contributed by atoms with E-state index >= 15 is 0 Å². The molecule has 0 aromatic carbocycles. The largest absolute Gasteiger partial charge is 0.300 e. The number of carbonyl (C=O) groups excluding carboxylic acids is 1. The van der Waals surface area contributed by atoms with Gasteiger partial charge in [-0.15, -0.1) is 0 Å². The third-order valence-corrected chi connectivity index (χ3v) is 4.61. The predicted molar refractivity (Wildman–Crippen MR) is 104 cm³/mol. The molecule has 0 aliphatic heterocycles. The van der Waals surface area contributed by atoms with E-state index in [1.807, 2.05) is 0 Å². The zero-order valence-corrected chi connectivity index (χ0v) is 16.2. The van der Waals surface area contributed by atoms with Gasteiger partial charge in [-0.25, -0.2) is 0 Å². The van der Waals surface area contributed by atoms with E-state index in [9.17, 15) is 4.79 Å². The fraction of sp³-hybridized carbons (Fsp3) is 0.864. The highest BCUT2D eigenvalue weighted by molar-refractivity contribution is 5.78. The first kappa shape index (κ1) is 22.4. The van der Waals surface area contributed by atoms with E-state index in [0.717, 1.165) is 32.1 Å². The minimum Gasteiger partial charge on any atom is -0.300 e. The van der Waals surface area contributed by atoms with Crippen LogP contribution in [0.5, 0.6) is 0 Å². The van der Waals surface area contributed by atoms with E-state index in [4.69, 9.17) is 0 Å². The van der Waals surface area contributed by atoms with Crippen LogP contribution in [0.25, 0.3) is 0 Å². The van der Waals surface area contributed by atoms with E-state index in [1.54, 1.807) is 0 Å². The molecule has 0 aliphatic carbocycles. The first-order valence-electron chi connectivity index (χ1n) is 10.4. The Morgan fingerprint density at radius 1 is 0.783 bits per heavy atom. The lowest BCUT2D eigenvalue weighted by molar-refractivity contribution is -0.119. The van der Waals surface area contributed by atoms with Crippen LogP contribution < -0.4 is 0 Å². The Morgan fingerprint density at radius 3 is 2.00 bits per heavy atom. The standard InChI is InChI=1S/C22H42O/c1-4-6-8-9-10-11-12-15-19-22(23)20-16-13-14-18-21(3)17-7-5-2/h14,18,21H,4-13,15-17,19-20H2,1-3H3/b18-14-. The molecule has 0 N–H and O–H groups in total. The molecule has 0 aromatic rings. The third-order valence-electron chi connectivity index (χ3n) is 4.61. The van der Waals surface area contributed by atoms with Gasteiger partial charge in [-0.3, -0.25) is 4.79 Å². The Balaban J connectivity index is 3.35. The number of carbonyl (C=O) groups is 1. The highest BCUT2D eigenvalue weighted by Gasteiger charge is 2.01. The van der Waals surface area contributed by atoms with Crippen LogP contribution in [0, 0.1) is 5.92 Å². The maximum atomic E-state index is 11.8. The zero-order valence-electron chi connectivity index (χ0n) is 16.2. The Labute approximate surface area is 146 Å². The number of unbranched alkanes of at least 4 members (excludes halogenated alkanes) is 9. The highest BCUT2D eigenvalue weighted by atomic mass is 16.1. The molecule has 0 rings (SSSR count). The number of rotatable bonds is 17. The lowest BCUT2D eigenvalue weighted by Crippen LogP contribution is -1.97. The molecule has 0 heterocycles. The van der Waals surface area contributed by atoms with Crippen LogP contribution in [-0.2, 0) is 4.79 Å². The molecule has 0 aromatic heterocycles. The first-order valence-corrected chi connectivity index (χ1v) is 10.4.